The summed E-state index contributed by atoms with van der Waals surface area (Å²) in [4.78, 5) is 14.9. The predicted molar refractivity (Wildman–Crippen MR) is 94.9 cm³/mol. The van der Waals surface area contributed by atoms with Gasteiger partial charge in [-0.1, -0.05) is 23.4 Å². The van der Waals surface area contributed by atoms with E-state index in [1.165, 1.54) is 21.5 Å². The lowest BCUT2D eigenvalue weighted by atomic mass is 9.97. The number of benzene rings is 1. The van der Waals surface area contributed by atoms with Crippen LogP contribution in [0.2, 0.25) is 0 Å². The van der Waals surface area contributed by atoms with Crippen molar-refractivity contribution in [2.24, 2.45) is 0 Å². The second-order valence-corrected chi connectivity index (χ2v) is 7.11. The lowest BCUT2D eigenvalue weighted by Crippen LogP contribution is -2.25. The second kappa shape index (κ2) is 6.73. The zero-order chi connectivity index (χ0) is 16.4. The molecule has 0 fully saturated rings. The number of ether oxygens (including phenoxy) is 1. The predicted octanol–water partition coefficient (Wildman–Crippen LogP) is 3.20. The number of fused-ring (bicyclic) bond motifs is 3. The largest absolute Gasteiger partial charge is 0.494 e. The molecule has 0 amide bonds. The lowest BCUT2D eigenvalue weighted by molar-refractivity contribution is 0.296. The van der Waals surface area contributed by atoms with Crippen LogP contribution in [0.3, 0.4) is 0 Å². The molecule has 0 spiro atoms. The minimum absolute atomic E-state index is 0.000823. The molecule has 1 aliphatic rings. The van der Waals surface area contributed by atoms with Crippen molar-refractivity contribution in [1.82, 2.24) is 15.0 Å². The Morgan fingerprint density at radius 1 is 1.17 bits per heavy atom. The second-order valence-electron chi connectivity index (χ2n) is 6.02. The van der Waals surface area contributed by atoms with Crippen molar-refractivity contribution < 1.29 is 4.74 Å². The summed E-state index contributed by atoms with van der Waals surface area (Å²) in [7, 11) is 0. The smallest absolute Gasteiger partial charge is 0.278 e. The fourth-order valence-electron chi connectivity index (χ4n) is 3.17. The summed E-state index contributed by atoms with van der Waals surface area (Å²) in [5.41, 5.74) is 1.22. The van der Waals surface area contributed by atoms with Gasteiger partial charge in [-0.05, 0) is 43.4 Å². The van der Waals surface area contributed by atoms with Gasteiger partial charge in [0.25, 0.3) is 5.56 Å². The molecule has 3 aromatic rings. The van der Waals surface area contributed by atoms with E-state index in [0.29, 0.717) is 13.2 Å². The summed E-state index contributed by atoms with van der Waals surface area (Å²) in [6.07, 6.45) is 5.15. The molecule has 0 aliphatic heterocycles. The first-order chi connectivity index (χ1) is 11.8. The molecule has 1 aliphatic carbocycles. The van der Waals surface area contributed by atoms with E-state index >= 15 is 0 Å². The number of hydrogen-bond acceptors (Lipinski definition) is 5. The number of nitrogens with zero attached hydrogens (tertiary/aromatic N) is 3. The van der Waals surface area contributed by atoms with Gasteiger partial charge in [0.1, 0.15) is 5.75 Å². The molecule has 24 heavy (non-hydrogen) atoms. The molecule has 2 heterocycles. The monoisotopic (exact) mass is 341 g/mol. The fraction of sp³-hybridized carbons (Fsp3) is 0.389. The topological polar surface area (TPSA) is 57.0 Å². The third-order valence-corrected chi connectivity index (χ3v) is 5.55. The summed E-state index contributed by atoms with van der Waals surface area (Å²) >= 11 is 1.64. The Balaban J connectivity index is 1.48. The highest BCUT2D eigenvalue weighted by Gasteiger charge is 2.20. The van der Waals surface area contributed by atoms with Gasteiger partial charge in [-0.15, -0.1) is 16.4 Å². The summed E-state index contributed by atoms with van der Waals surface area (Å²) in [6.45, 7) is 1.08. The van der Waals surface area contributed by atoms with Crippen molar-refractivity contribution in [3.63, 3.8) is 0 Å². The van der Waals surface area contributed by atoms with Gasteiger partial charge in [0.05, 0.1) is 12.0 Å². The lowest BCUT2D eigenvalue weighted by Gasteiger charge is -2.10. The maximum absolute atomic E-state index is 12.8. The van der Waals surface area contributed by atoms with Crippen molar-refractivity contribution >= 4 is 21.6 Å². The third kappa shape index (κ3) is 2.94. The van der Waals surface area contributed by atoms with Gasteiger partial charge in [0.15, 0.2) is 4.83 Å². The molecule has 4 rings (SSSR count). The molecule has 0 radical (unpaired) electrons. The van der Waals surface area contributed by atoms with Gasteiger partial charge in [-0.25, -0.2) is 4.68 Å². The van der Waals surface area contributed by atoms with E-state index in [0.717, 1.165) is 41.6 Å². The molecule has 0 atom stereocenters. The minimum atomic E-state index is -0.000823. The Morgan fingerprint density at radius 3 is 2.88 bits per heavy atom. The van der Waals surface area contributed by atoms with E-state index in [4.69, 9.17) is 4.74 Å². The molecule has 0 saturated carbocycles. The normalized spacial score (nSPS) is 13.8. The van der Waals surface area contributed by atoms with Crippen LogP contribution in [0.25, 0.3) is 10.2 Å². The summed E-state index contributed by atoms with van der Waals surface area (Å²) in [5.74, 6) is 0.846. The molecule has 6 heteroatoms. The Hall–Kier alpha value is -2.21. The van der Waals surface area contributed by atoms with Crippen molar-refractivity contribution in [2.45, 2.75) is 38.6 Å². The molecule has 2 aromatic heterocycles. The van der Waals surface area contributed by atoms with E-state index in [2.05, 4.69) is 10.3 Å². The number of aromatic nitrogens is 3. The van der Waals surface area contributed by atoms with Crippen molar-refractivity contribution in [1.29, 1.82) is 0 Å². The first kappa shape index (κ1) is 15.3. The van der Waals surface area contributed by atoms with Crippen LogP contribution in [-0.2, 0) is 19.4 Å². The van der Waals surface area contributed by atoms with Gasteiger partial charge < -0.3 is 4.74 Å². The third-order valence-electron chi connectivity index (χ3n) is 4.37. The van der Waals surface area contributed by atoms with Crippen LogP contribution in [0.5, 0.6) is 5.75 Å². The van der Waals surface area contributed by atoms with E-state index in [1.54, 1.807) is 11.3 Å². The van der Waals surface area contributed by atoms with Crippen LogP contribution < -0.4 is 10.3 Å². The summed E-state index contributed by atoms with van der Waals surface area (Å²) in [6, 6.07) is 9.70. The Kier molecular flexibility index (Phi) is 4.30. The van der Waals surface area contributed by atoms with Crippen LogP contribution in [0, 0.1) is 0 Å². The Morgan fingerprint density at radius 2 is 2.00 bits per heavy atom. The molecular formula is C18H19N3O2S. The van der Waals surface area contributed by atoms with Crippen LogP contribution in [0.1, 0.15) is 29.7 Å². The SMILES string of the molecule is O=c1c2c3c(sc2nnn1CCCOc1ccccc1)CCCC3. The van der Waals surface area contributed by atoms with Gasteiger partial charge >= 0.3 is 0 Å². The average molecular weight is 341 g/mol. The quantitative estimate of drug-likeness (QED) is 0.669. The number of thiophene rings is 1. The number of rotatable bonds is 5. The van der Waals surface area contributed by atoms with Crippen molar-refractivity contribution in [2.75, 3.05) is 6.61 Å². The fourth-order valence-corrected chi connectivity index (χ4v) is 4.37. The number of para-hydroxylation sites is 1. The molecular weight excluding hydrogens is 322 g/mol. The van der Waals surface area contributed by atoms with Gasteiger partial charge in [0.2, 0.25) is 0 Å². The molecule has 0 unspecified atom stereocenters. The van der Waals surface area contributed by atoms with Gasteiger partial charge in [-0.2, -0.15) is 0 Å². The van der Waals surface area contributed by atoms with E-state index in [-0.39, 0.29) is 5.56 Å². The Bertz CT molecular complexity index is 902. The zero-order valence-corrected chi connectivity index (χ0v) is 14.2. The molecule has 124 valence electrons. The molecule has 5 nitrogen and oxygen atoms in total. The Labute approximate surface area is 143 Å². The first-order valence-electron chi connectivity index (χ1n) is 8.39. The van der Waals surface area contributed by atoms with Crippen molar-refractivity contribution in [3.8, 4) is 5.75 Å². The van der Waals surface area contributed by atoms with Crippen LogP contribution in [0.4, 0.5) is 0 Å². The summed E-state index contributed by atoms with van der Waals surface area (Å²) < 4.78 is 7.15. The van der Waals surface area contributed by atoms with E-state index < -0.39 is 0 Å². The van der Waals surface area contributed by atoms with Gasteiger partial charge in [0, 0.05) is 17.8 Å². The van der Waals surface area contributed by atoms with E-state index in [9.17, 15) is 4.79 Å². The van der Waals surface area contributed by atoms with Crippen LogP contribution in [-0.4, -0.2) is 21.6 Å². The maximum Gasteiger partial charge on any atom is 0.278 e. The first-order valence-corrected chi connectivity index (χ1v) is 9.20. The molecule has 1 aromatic carbocycles. The number of hydrogen-bond donors (Lipinski definition) is 0. The summed E-state index contributed by atoms with van der Waals surface area (Å²) in [5, 5.41) is 9.18. The highest BCUT2D eigenvalue weighted by molar-refractivity contribution is 7.18. The van der Waals surface area contributed by atoms with Crippen LogP contribution in [0.15, 0.2) is 35.1 Å². The van der Waals surface area contributed by atoms with Crippen molar-refractivity contribution in [3.05, 3.63) is 51.1 Å². The highest BCUT2D eigenvalue weighted by atomic mass is 32.1. The van der Waals surface area contributed by atoms with E-state index in [1.807, 2.05) is 30.3 Å². The minimum Gasteiger partial charge on any atom is -0.494 e. The van der Waals surface area contributed by atoms with Crippen LogP contribution >= 0.6 is 11.3 Å². The average Bonchev–Trinajstić information content (AvgIpc) is 3.00. The maximum atomic E-state index is 12.8. The zero-order valence-electron chi connectivity index (χ0n) is 13.4. The standard InChI is InChI=1S/C18H19N3O2S/c22-18-16-14-9-4-5-10-15(14)24-17(16)19-20-21(18)11-6-12-23-13-7-2-1-3-8-13/h1-3,7-8H,4-6,9-12H2. The molecule has 0 saturated heterocycles. The number of aryl methyl sites for hydroxylation is 3. The highest BCUT2D eigenvalue weighted by Crippen LogP contribution is 2.33. The molecule has 0 bridgehead atoms. The van der Waals surface area contributed by atoms with Gasteiger partial charge in [-0.3, -0.25) is 4.79 Å². The molecule has 0 N–H and O–H groups in total.